The third kappa shape index (κ3) is 4.41. The van der Waals surface area contributed by atoms with E-state index in [0.29, 0.717) is 18.3 Å². The second-order valence-corrected chi connectivity index (χ2v) is 7.47. The molecule has 2 saturated heterocycles. The summed E-state index contributed by atoms with van der Waals surface area (Å²) < 4.78 is 7.17. The van der Waals surface area contributed by atoms with Crippen LogP contribution in [-0.2, 0) is 16.1 Å². The van der Waals surface area contributed by atoms with Crippen LogP contribution in [0.4, 0.5) is 10.6 Å². The highest BCUT2D eigenvalue weighted by atomic mass is 16.5. The highest BCUT2D eigenvalue weighted by Crippen LogP contribution is 2.28. The Kier molecular flexibility index (Phi) is 5.58. The van der Waals surface area contributed by atoms with Gasteiger partial charge in [0.2, 0.25) is 5.91 Å². The minimum Gasteiger partial charge on any atom is -0.379 e. The van der Waals surface area contributed by atoms with E-state index in [0.717, 1.165) is 58.8 Å². The number of likely N-dealkylation sites (tertiary alicyclic amines) is 1. The number of nitrogens with zero attached hydrogens (tertiary/aromatic N) is 4. The number of aromatic nitrogens is 2. The summed E-state index contributed by atoms with van der Waals surface area (Å²) in [5, 5.41) is 9.91. The van der Waals surface area contributed by atoms with Crippen LogP contribution in [0.2, 0.25) is 0 Å². The van der Waals surface area contributed by atoms with Crippen molar-refractivity contribution in [1.82, 2.24) is 24.9 Å². The van der Waals surface area contributed by atoms with Gasteiger partial charge in [-0.05, 0) is 25.7 Å². The predicted molar refractivity (Wildman–Crippen MR) is 99.4 cm³/mol. The van der Waals surface area contributed by atoms with E-state index in [4.69, 9.17) is 4.74 Å². The van der Waals surface area contributed by atoms with Gasteiger partial charge in [0.1, 0.15) is 6.04 Å². The number of ether oxygens (including phenoxy) is 1. The predicted octanol–water partition coefficient (Wildman–Crippen LogP) is 0.490. The van der Waals surface area contributed by atoms with Crippen LogP contribution in [0.3, 0.4) is 0 Å². The fourth-order valence-electron chi connectivity index (χ4n) is 3.83. The molecule has 1 unspecified atom stereocenters. The lowest BCUT2D eigenvalue weighted by molar-refractivity contribution is -0.132. The molecule has 3 aliphatic rings. The van der Waals surface area contributed by atoms with Crippen molar-refractivity contribution in [2.75, 3.05) is 44.7 Å². The minimum absolute atomic E-state index is 0.0471. The standard InChI is InChI=1S/C18H28N6O3/c25-17-15(4-7-24(17)14-2-1-3-14)19-18(26)20-16-5-6-23(21-16)9-8-22-10-12-27-13-11-22/h5-6,14-15H,1-4,7-13H2,(H2,19,20,21,26). The second-order valence-electron chi connectivity index (χ2n) is 7.47. The molecule has 2 aliphatic heterocycles. The Morgan fingerprint density at radius 1 is 1.19 bits per heavy atom. The number of morpholine rings is 1. The zero-order chi connectivity index (χ0) is 18.6. The first kappa shape index (κ1) is 18.2. The van der Waals surface area contributed by atoms with Crippen LogP contribution < -0.4 is 10.6 Å². The Hall–Kier alpha value is -2.13. The molecule has 9 nitrogen and oxygen atoms in total. The topological polar surface area (TPSA) is 91.7 Å². The van der Waals surface area contributed by atoms with E-state index in [1.54, 1.807) is 6.07 Å². The fraction of sp³-hybridized carbons (Fsp3) is 0.722. The van der Waals surface area contributed by atoms with Gasteiger partial charge in [0.25, 0.3) is 0 Å². The lowest BCUT2D eigenvalue weighted by Crippen LogP contribution is -2.47. The van der Waals surface area contributed by atoms with Crippen LogP contribution in [0.25, 0.3) is 0 Å². The summed E-state index contributed by atoms with van der Waals surface area (Å²) in [7, 11) is 0. The van der Waals surface area contributed by atoms with Gasteiger partial charge in [-0.1, -0.05) is 0 Å². The average molecular weight is 376 g/mol. The molecule has 1 aromatic heterocycles. The van der Waals surface area contributed by atoms with Gasteiger partial charge in [-0.25, -0.2) is 4.79 Å². The molecule has 1 atom stereocenters. The number of hydrogen-bond donors (Lipinski definition) is 2. The van der Waals surface area contributed by atoms with Crippen LogP contribution in [0.15, 0.2) is 12.3 Å². The van der Waals surface area contributed by atoms with Crippen LogP contribution in [-0.4, -0.2) is 83.0 Å². The van der Waals surface area contributed by atoms with E-state index in [-0.39, 0.29) is 11.9 Å². The summed E-state index contributed by atoms with van der Waals surface area (Å²) in [5.41, 5.74) is 0. The molecule has 9 heteroatoms. The molecule has 0 aromatic carbocycles. The highest BCUT2D eigenvalue weighted by molar-refractivity contribution is 5.94. The van der Waals surface area contributed by atoms with Gasteiger partial charge >= 0.3 is 6.03 Å². The van der Waals surface area contributed by atoms with E-state index < -0.39 is 6.04 Å². The molecule has 0 bridgehead atoms. The van der Waals surface area contributed by atoms with Gasteiger partial charge in [-0.15, -0.1) is 0 Å². The van der Waals surface area contributed by atoms with Crippen LogP contribution >= 0.6 is 0 Å². The van der Waals surface area contributed by atoms with Gasteiger partial charge < -0.3 is 15.0 Å². The van der Waals surface area contributed by atoms with E-state index in [1.807, 2.05) is 15.8 Å². The van der Waals surface area contributed by atoms with Gasteiger partial charge in [-0.3, -0.25) is 19.7 Å². The lowest BCUT2D eigenvalue weighted by atomic mass is 9.92. The maximum Gasteiger partial charge on any atom is 0.321 e. The third-order valence-corrected chi connectivity index (χ3v) is 5.69. The summed E-state index contributed by atoms with van der Waals surface area (Å²) >= 11 is 0. The van der Waals surface area contributed by atoms with Gasteiger partial charge in [0, 0.05) is 44.5 Å². The van der Waals surface area contributed by atoms with Crippen molar-refractivity contribution >= 4 is 17.8 Å². The molecule has 2 N–H and O–H groups in total. The molecule has 3 fully saturated rings. The first-order valence-corrected chi connectivity index (χ1v) is 9.90. The number of nitrogens with one attached hydrogen (secondary N) is 2. The molecular formula is C18H28N6O3. The minimum atomic E-state index is -0.422. The average Bonchev–Trinajstić information content (AvgIpc) is 3.21. The first-order chi connectivity index (χ1) is 13.2. The number of urea groups is 1. The molecule has 0 spiro atoms. The van der Waals surface area contributed by atoms with Gasteiger partial charge in [0.05, 0.1) is 19.8 Å². The van der Waals surface area contributed by atoms with Crippen molar-refractivity contribution < 1.29 is 14.3 Å². The highest BCUT2D eigenvalue weighted by Gasteiger charge is 2.38. The second kappa shape index (κ2) is 8.26. The van der Waals surface area contributed by atoms with Crippen molar-refractivity contribution in [3.63, 3.8) is 0 Å². The van der Waals surface area contributed by atoms with Crippen molar-refractivity contribution in [2.45, 2.75) is 44.3 Å². The molecule has 148 valence electrons. The van der Waals surface area contributed by atoms with Crippen LogP contribution in [0.1, 0.15) is 25.7 Å². The van der Waals surface area contributed by atoms with E-state index in [1.165, 1.54) is 6.42 Å². The Balaban J connectivity index is 1.21. The summed E-state index contributed by atoms with van der Waals surface area (Å²) in [6, 6.07) is 1.36. The van der Waals surface area contributed by atoms with Crippen molar-refractivity contribution in [3.05, 3.63) is 12.3 Å². The molecule has 4 rings (SSSR count). The Morgan fingerprint density at radius 2 is 2.00 bits per heavy atom. The molecule has 1 aromatic rings. The third-order valence-electron chi connectivity index (χ3n) is 5.69. The summed E-state index contributed by atoms with van der Waals surface area (Å²) in [5.74, 6) is 0.543. The number of anilines is 1. The van der Waals surface area contributed by atoms with Gasteiger partial charge in [0.15, 0.2) is 5.82 Å². The molecule has 1 aliphatic carbocycles. The van der Waals surface area contributed by atoms with E-state index in [2.05, 4.69) is 20.6 Å². The first-order valence-electron chi connectivity index (χ1n) is 9.90. The number of amides is 3. The molecule has 3 amide bonds. The van der Waals surface area contributed by atoms with Crippen molar-refractivity contribution in [1.29, 1.82) is 0 Å². The fourth-order valence-corrected chi connectivity index (χ4v) is 3.83. The summed E-state index contributed by atoms with van der Waals surface area (Å²) in [6.45, 7) is 5.87. The molecule has 27 heavy (non-hydrogen) atoms. The normalized spacial score (nSPS) is 24.1. The SMILES string of the molecule is O=C(Nc1ccn(CCN2CCOCC2)n1)NC1CCN(C2CCC2)C1=O. The van der Waals surface area contributed by atoms with E-state index in [9.17, 15) is 9.59 Å². The Morgan fingerprint density at radius 3 is 2.74 bits per heavy atom. The lowest BCUT2D eigenvalue weighted by Gasteiger charge is -2.34. The molecule has 0 radical (unpaired) electrons. The van der Waals surface area contributed by atoms with Crippen LogP contribution in [0.5, 0.6) is 0 Å². The smallest absolute Gasteiger partial charge is 0.321 e. The summed E-state index contributed by atoms with van der Waals surface area (Å²) in [6.07, 6.45) is 5.91. The number of hydrogen-bond acceptors (Lipinski definition) is 5. The number of carbonyl (C=O) groups is 2. The molecule has 3 heterocycles. The van der Waals surface area contributed by atoms with Gasteiger partial charge in [-0.2, -0.15) is 5.10 Å². The van der Waals surface area contributed by atoms with Crippen molar-refractivity contribution in [2.24, 2.45) is 0 Å². The summed E-state index contributed by atoms with van der Waals surface area (Å²) in [4.78, 5) is 28.9. The zero-order valence-electron chi connectivity index (χ0n) is 15.6. The largest absolute Gasteiger partial charge is 0.379 e. The Labute approximate surface area is 159 Å². The molecule has 1 saturated carbocycles. The molecular weight excluding hydrogens is 348 g/mol. The number of rotatable bonds is 6. The van der Waals surface area contributed by atoms with Crippen molar-refractivity contribution in [3.8, 4) is 0 Å². The monoisotopic (exact) mass is 376 g/mol. The Bertz CT molecular complexity index is 668. The quantitative estimate of drug-likeness (QED) is 0.754. The maximum absolute atomic E-state index is 12.4. The van der Waals surface area contributed by atoms with E-state index >= 15 is 0 Å². The van der Waals surface area contributed by atoms with Crippen LogP contribution in [0, 0.1) is 0 Å². The maximum atomic E-state index is 12.4. The number of carbonyl (C=O) groups excluding carboxylic acids is 2. The zero-order valence-corrected chi connectivity index (χ0v) is 15.6.